The Kier molecular flexibility index (Phi) is 4.86. The number of hydrogen-bond donors (Lipinski definition) is 2. The number of aromatic nitrogens is 2. The Bertz CT molecular complexity index is 500. The predicted molar refractivity (Wildman–Crippen MR) is 76.1 cm³/mol. The quantitative estimate of drug-likeness (QED) is 0.833. The van der Waals surface area contributed by atoms with Crippen molar-refractivity contribution in [1.29, 1.82) is 0 Å². The van der Waals surface area contributed by atoms with E-state index < -0.39 is 0 Å². The van der Waals surface area contributed by atoms with Crippen molar-refractivity contribution >= 4 is 5.82 Å². The molecular formula is C15H19N3O. The van der Waals surface area contributed by atoms with Gasteiger partial charge in [0.1, 0.15) is 11.6 Å². The second-order valence-electron chi connectivity index (χ2n) is 4.58. The first-order valence-electron chi connectivity index (χ1n) is 6.52. The average molecular weight is 257 g/mol. The van der Waals surface area contributed by atoms with Gasteiger partial charge in [-0.05, 0) is 25.0 Å². The zero-order chi connectivity index (χ0) is 13.5. The molecule has 2 rings (SSSR count). The zero-order valence-electron chi connectivity index (χ0n) is 11.1. The van der Waals surface area contributed by atoms with E-state index in [4.69, 9.17) is 0 Å². The van der Waals surface area contributed by atoms with Crippen molar-refractivity contribution in [3.05, 3.63) is 54.0 Å². The molecule has 2 N–H and O–H groups in total. The van der Waals surface area contributed by atoms with E-state index in [1.165, 1.54) is 5.56 Å². The van der Waals surface area contributed by atoms with Crippen molar-refractivity contribution in [3.63, 3.8) is 0 Å². The molecule has 0 saturated carbocycles. The molecule has 1 atom stereocenters. The third kappa shape index (κ3) is 4.67. The van der Waals surface area contributed by atoms with E-state index in [0.29, 0.717) is 13.0 Å². The molecule has 1 aromatic heterocycles. The Morgan fingerprint density at radius 1 is 1.21 bits per heavy atom. The lowest BCUT2D eigenvalue weighted by Crippen LogP contribution is -2.11. The second kappa shape index (κ2) is 6.85. The van der Waals surface area contributed by atoms with Crippen molar-refractivity contribution in [2.24, 2.45) is 0 Å². The van der Waals surface area contributed by atoms with Crippen molar-refractivity contribution in [2.45, 2.75) is 25.9 Å². The fourth-order valence-electron chi connectivity index (χ4n) is 1.77. The molecule has 0 saturated heterocycles. The van der Waals surface area contributed by atoms with Crippen LogP contribution in [0, 0.1) is 0 Å². The first-order chi connectivity index (χ1) is 9.24. The highest BCUT2D eigenvalue weighted by atomic mass is 16.3. The van der Waals surface area contributed by atoms with Gasteiger partial charge in [0.25, 0.3) is 0 Å². The summed E-state index contributed by atoms with van der Waals surface area (Å²) in [6.45, 7) is 2.49. The normalized spacial score (nSPS) is 12.1. The third-order valence-corrected chi connectivity index (χ3v) is 2.78. The Balaban J connectivity index is 1.95. The van der Waals surface area contributed by atoms with Crippen molar-refractivity contribution < 1.29 is 5.11 Å². The van der Waals surface area contributed by atoms with Gasteiger partial charge in [-0.1, -0.05) is 30.3 Å². The Morgan fingerprint density at radius 2 is 2.00 bits per heavy atom. The van der Waals surface area contributed by atoms with E-state index in [1.807, 2.05) is 24.3 Å². The molecular weight excluding hydrogens is 238 g/mol. The molecule has 4 nitrogen and oxygen atoms in total. The second-order valence-corrected chi connectivity index (χ2v) is 4.58. The van der Waals surface area contributed by atoms with Crippen LogP contribution in [-0.2, 0) is 6.42 Å². The molecule has 4 heteroatoms. The fourth-order valence-corrected chi connectivity index (χ4v) is 1.77. The van der Waals surface area contributed by atoms with Gasteiger partial charge in [0.2, 0.25) is 0 Å². The van der Waals surface area contributed by atoms with Crippen LogP contribution in [0.1, 0.15) is 24.7 Å². The SMILES string of the molecule is CC(O)CCNc1ccnc(Cc2ccccc2)n1. The van der Waals surface area contributed by atoms with E-state index >= 15 is 0 Å². The number of nitrogens with zero attached hydrogens (tertiary/aromatic N) is 2. The minimum atomic E-state index is -0.293. The molecule has 19 heavy (non-hydrogen) atoms. The summed E-state index contributed by atoms with van der Waals surface area (Å²) in [5.41, 5.74) is 1.20. The van der Waals surface area contributed by atoms with Crippen LogP contribution in [0.3, 0.4) is 0 Å². The minimum Gasteiger partial charge on any atom is -0.393 e. The number of anilines is 1. The van der Waals surface area contributed by atoms with Crippen LogP contribution in [0.4, 0.5) is 5.82 Å². The maximum atomic E-state index is 9.21. The molecule has 0 aliphatic rings. The van der Waals surface area contributed by atoms with Crippen LogP contribution in [-0.4, -0.2) is 27.7 Å². The van der Waals surface area contributed by atoms with Crippen LogP contribution in [0.5, 0.6) is 0 Å². The van der Waals surface area contributed by atoms with E-state index in [2.05, 4.69) is 27.4 Å². The maximum absolute atomic E-state index is 9.21. The van der Waals surface area contributed by atoms with Gasteiger partial charge in [0.05, 0.1) is 6.10 Å². The van der Waals surface area contributed by atoms with E-state index in [9.17, 15) is 5.11 Å². The first-order valence-corrected chi connectivity index (χ1v) is 6.52. The molecule has 100 valence electrons. The van der Waals surface area contributed by atoms with E-state index in [-0.39, 0.29) is 6.10 Å². The van der Waals surface area contributed by atoms with Crippen molar-refractivity contribution in [3.8, 4) is 0 Å². The van der Waals surface area contributed by atoms with Gasteiger partial charge < -0.3 is 10.4 Å². The average Bonchev–Trinajstić information content (AvgIpc) is 2.40. The minimum absolute atomic E-state index is 0.293. The molecule has 2 aromatic rings. The monoisotopic (exact) mass is 257 g/mol. The number of aliphatic hydroxyl groups is 1. The summed E-state index contributed by atoms with van der Waals surface area (Å²) < 4.78 is 0. The maximum Gasteiger partial charge on any atom is 0.135 e. The highest BCUT2D eigenvalue weighted by Gasteiger charge is 2.01. The molecule has 1 unspecified atom stereocenters. The van der Waals surface area contributed by atoms with Crippen LogP contribution < -0.4 is 5.32 Å². The van der Waals surface area contributed by atoms with Gasteiger partial charge in [-0.2, -0.15) is 0 Å². The molecule has 1 aromatic carbocycles. The molecule has 1 heterocycles. The molecule has 0 fully saturated rings. The summed E-state index contributed by atoms with van der Waals surface area (Å²) in [5, 5.41) is 12.4. The number of rotatable bonds is 6. The van der Waals surface area contributed by atoms with E-state index in [0.717, 1.165) is 18.1 Å². The zero-order valence-corrected chi connectivity index (χ0v) is 11.1. The molecule has 0 bridgehead atoms. The van der Waals surface area contributed by atoms with Crippen molar-refractivity contribution in [2.75, 3.05) is 11.9 Å². The lowest BCUT2D eigenvalue weighted by Gasteiger charge is -2.08. The summed E-state index contributed by atoms with van der Waals surface area (Å²) in [6.07, 6.45) is 2.90. The fraction of sp³-hybridized carbons (Fsp3) is 0.333. The Labute approximate surface area is 113 Å². The topological polar surface area (TPSA) is 58.0 Å². The number of hydrogen-bond acceptors (Lipinski definition) is 4. The van der Waals surface area contributed by atoms with Crippen molar-refractivity contribution in [1.82, 2.24) is 9.97 Å². The summed E-state index contributed by atoms with van der Waals surface area (Å²) in [4.78, 5) is 8.74. The number of nitrogens with one attached hydrogen (secondary N) is 1. The first kappa shape index (κ1) is 13.5. The summed E-state index contributed by atoms with van der Waals surface area (Å²) in [5.74, 6) is 1.61. The Morgan fingerprint density at radius 3 is 2.74 bits per heavy atom. The Hall–Kier alpha value is -1.94. The van der Waals surface area contributed by atoms with Crippen LogP contribution in [0.15, 0.2) is 42.6 Å². The number of benzene rings is 1. The van der Waals surface area contributed by atoms with Gasteiger partial charge in [-0.15, -0.1) is 0 Å². The lowest BCUT2D eigenvalue weighted by molar-refractivity contribution is 0.188. The predicted octanol–water partition coefficient (Wildman–Crippen LogP) is 2.25. The van der Waals surface area contributed by atoms with Gasteiger partial charge in [0.15, 0.2) is 0 Å². The smallest absolute Gasteiger partial charge is 0.135 e. The van der Waals surface area contributed by atoms with E-state index in [1.54, 1.807) is 13.1 Å². The summed E-state index contributed by atoms with van der Waals surface area (Å²) in [6, 6.07) is 12.0. The van der Waals surface area contributed by atoms with Crippen LogP contribution in [0.25, 0.3) is 0 Å². The van der Waals surface area contributed by atoms with Crippen LogP contribution in [0.2, 0.25) is 0 Å². The standard InChI is InChI=1S/C15H19N3O/c1-12(19)7-9-16-14-8-10-17-15(18-14)11-13-5-3-2-4-6-13/h2-6,8,10,12,19H,7,9,11H2,1H3,(H,16,17,18). The van der Waals surface area contributed by atoms with Gasteiger partial charge in [0, 0.05) is 19.2 Å². The summed E-state index contributed by atoms with van der Waals surface area (Å²) in [7, 11) is 0. The highest BCUT2D eigenvalue weighted by Crippen LogP contribution is 2.08. The number of aliphatic hydroxyl groups excluding tert-OH is 1. The molecule has 0 spiro atoms. The van der Waals surface area contributed by atoms with Gasteiger partial charge in [-0.3, -0.25) is 0 Å². The molecule has 0 aliphatic carbocycles. The van der Waals surface area contributed by atoms with Crippen LogP contribution >= 0.6 is 0 Å². The van der Waals surface area contributed by atoms with Gasteiger partial charge in [-0.25, -0.2) is 9.97 Å². The summed E-state index contributed by atoms with van der Waals surface area (Å²) >= 11 is 0. The molecule has 0 radical (unpaired) electrons. The third-order valence-electron chi connectivity index (χ3n) is 2.78. The highest BCUT2D eigenvalue weighted by molar-refractivity contribution is 5.33. The van der Waals surface area contributed by atoms with Gasteiger partial charge >= 0.3 is 0 Å². The molecule has 0 amide bonds. The lowest BCUT2D eigenvalue weighted by atomic mass is 10.1. The molecule has 0 aliphatic heterocycles. The largest absolute Gasteiger partial charge is 0.393 e.